The lowest BCUT2D eigenvalue weighted by Crippen LogP contribution is -2.16. The third-order valence-electron chi connectivity index (χ3n) is 6.17. The summed E-state index contributed by atoms with van der Waals surface area (Å²) in [5.74, 6) is 5.56. The molecule has 3 rings (SSSR count). The van der Waals surface area contributed by atoms with Crippen LogP contribution >= 0.6 is 0 Å². The van der Waals surface area contributed by atoms with E-state index in [9.17, 15) is 0 Å². The lowest BCUT2D eigenvalue weighted by Gasteiger charge is -2.24. The van der Waals surface area contributed by atoms with Crippen molar-refractivity contribution in [1.29, 1.82) is 0 Å². The van der Waals surface area contributed by atoms with E-state index in [1.807, 2.05) is 11.1 Å². The van der Waals surface area contributed by atoms with Gasteiger partial charge in [-0.2, -0.15) is 0 Å². The summed E-state index contributed by atoms with van der Waals surface area (Å²) in [6, 6.07) is 0. The monoisotopic (exact) mass is 204 g/mol. The van der Waals surface area contributed by atoms with Gasteiger partial charge in [0, 0.05) is 11.3 Å². The van der Waals surface area contributed by atoms with E-state index in [-0.39, 0.29) is 0 Å². The number of hydrogen-bond acceptors (Lipinski definition) is 0. The largest absolute Gasteiger partial charge is 0.0625 e. The van der Waals surface area contributed by atoms with E-state index in [0.717, 1.165) is 40.9 Å². The summed E-state index contributed by atoms with van der Waals surface area (Å²) in [6.45, 7) is 14.5. The van der Waals surface area contributed by atoms with E-state index in [1.54, 1.807) is 0 Å². The lowest BCUT2D eigenvalue weighted by molar-refractivity contribution is 0.323. The Morgan fingerprint density at radius 2 is 1.47 bits per heavy atom. The Bertz CT molecular complexity index is 339. The summed E-state index contributed by atoms with van der Waals surface area (Å²) < 4.78 is 0. The SMILES string of the molecule is CC(C)C(C)C(C)C1=C2C1C21C(C)C1C. The maximum absolute atomic E-state index is 2.45. The minimum absolute atomic E-state index is 0.778. The molecule has 5 unspecified atom stereocenters. The Labute approximate surface area is 94.1 Å². The number of fused-ring (bicyclic) bond motifs is 3. The van der Waals surface area contributed by atoms with E-state index in [2.05, 4.69) is 41.5 Å². The number of rotatable bonds is 3. The molecule has 84 valence electrons. The van der Waals surface area contributed by atoms with Gasteiger partial charge in [-0.15, -0.1) is 0 Å². The molecular weight excluding hydrogens is 180 g/mol. The fraction of sp³-hybridized carbons (Fsp3) is 0.867. The van der Waals surface area contributed by atoms with Gasteiger partial charge in [0.1, 0.15) is 0 Å². The van der Waals surface area contributed by atoms with E-state index in [0.29, 0.717) is 0 Å². The van der Waals surface area contributed by atoms with Crippen LogP contribution in [0.15, 0.2) is 11.1 Å². The van der Waals surface area contributed by atoms with Crippen LogP contribution in [0, 0.1) is 40.9 Å². The fourth-order valence-electron chi connectivity index (χ4n) is 4.23. The van der Waals surface area contributed by atoms with E-state index >= 15 is 0 Å². The first-order valence-electron chi connectivity index (χ1n) is 6.70. The molecule has 0 aromatic carbocycles. The molecule has 0 nitrogen and oxygen atoms in total. The first-order valence-corrected chi connectivity index (χ1v) is 6.70. The van der Waals surface area contributed by atoms with Crippen LogP contribution in [0.3, 0.4) is 0 Å². The van der Waals surface area contributed by atoms with Crippen LogP contribution in [0.25, 0.3) is 0 Å². The van der Waals surface area contributed by atoms with Gasteiger partial charge in [-0.25, -0.2) is 0 Å². The van der Waals surface area contributed by atoms with Gasteiger partial charge in [0.15, 0.2) is 0 Å². The van der Waals surface area contributed by atoms with Crippen molar-refractivity contribution in [3.63, 3.8) is 0 Å². The molecule has 0 aromatic rings. The summed E-state index contributed by atoms with van der Waals surface area (Å²) in [7, 11) is 0. The Hall–Kier alpha value is -0.260. The van der Waals surface area contributed by atoms with Gasteiger partial charge >= 0.3 is 0 Å². The molecular formula is C15H24. The van der Waals surface area contributed by atoms with Crippen LogP contribution < -0.4 is 0 Å². The molecule has 2 fully saturated rings. The summed E-state index contributed by atoms with van der Waals surface area (Å²) in [6.07, 6.45) is 0. The highest BCUT2D eigenvalue weighted by atomic mass is 14.9. The molecule has 2 saturated carbocycles. The van der Waals surface area contributed by atoms with Crippen molar-refractivity contribution in [2.75, 3.05) is 0 Å². The van der Waals surface area contributed by atoms with Crippen molar-refractivity contribution in [3.05, 3.63) is 11.1 Å². The second-order valence-corrected chi connectivity index (χ2v) is 6.70. The summed E-state index contributed by atoms with van der Waals surface area (Å²) in [4.78, 5) is 0. The maximum atomic E-state index is 2.45. The zero-order valence-electron chi connectivity index (χ0n) is 11.0. The van der Waals surface area contributed by atoms with E-state index in [1.165, 1.54) is 0 Å². The molecule has 0 bridgehead atoms. The summed E-state index contributed by atoms with van der Waals surface area (Å²) >= 11 is 0. The van der Waals surface area contributed by atoms with Gasteiger partial charge in [0.2, 0.25) is 0 Å². The Morgan fingerprint density at radius 1 is 1.00 bits per heavy atom. The van der Waals surface area contributed by atoms with Crippen molar-refractivity contribution in [1.82, 2.24) is 0 Å². The van der Waals surface area contributed by atoms with Crippen LogP contribution in [-0.4, -0.2) is 0 Å². The second-order valence-electron chi connectivity index (χ2n) is 6.70. The molecule has 0 saturated heterocycles. The zero-order valence-corrected chi connectivity index (χ0v) is 11.0. The Kier molecular flexibility index (Phi) is 1.67. The Morgan fingerprint density at radius 3 is 1.80 bits per heavy atom. The molecule has 5 atom stereocenters. The Balaban J connectivity index is 1.70. The fourth-order valence-corrected chi connectivity index (χ4v) is 4.23. The van der Waals surface area contributed by atoms with Crippen LogP contribution in [0.2, 0.25) is 0 Å². The molecule has 0 heteroatoms. The molecule has 0 heterocycles. The van der Waals surface area contributed by atoms with Crippen LogP contribution in [-0.2, 0) is 0 Å². The molecule has 0 aliphatic heterocycles. The number of hydrogen-bond donors (Lipinski definition) is 0. The molecule has 0 aromatic heterocycles. The molecule has 1 spiro atoms. The molecule has 0 N–H and O–H groups in total. The maximum Gasteiger partial charge on any atom is 0.0121 e. The predicted octanol–water partition coefficient (Wildman–Crippen LogP) is 4.13. The van der Waals surface area contributed by atoms with Gasteiger partial charge in [0.05, 0.1) is 0 Å². The first-order chi connectivity index (χ1) is 6.95. The van der Waals surface area contributed by atoms with Crippen molar-refractivity contribution in [2.24, 2.45) is 40.9 Å². The molecule has 3 aliphatic rings. The van der Waals surface area contributed by atoms with Gasteiger partial charge in [-0.1, -0.05) is 52.7 Å². The van der Waals surface area contributed by atoms with Crippen LogP contribution in [0.4, 0.5) is 0 Å². The third kappa shape index (κ3) is 0.905. The first kappa shape index (κ1) is 9.93. The highest BCUT2D eigenvalue weighted by Crippen LogP contribution is 2.93. The molecule has 0 amide bonds. The second kappa shape index (κ2) is 2.52. The minimum Gasteiger partial charge on any atom is -0.0625 e. The minimum atomic E-state index is 0.778. The van der Waals surface area contributed by atoms with Crippen LogP contribution in [0.1, 0.15) is 41.5 Å². The van der Waals surface area contributed by atoms with Gasteiger partial charge in [0.25, 0.3) is 0 Å². The van der Waals surface area contributed by atoms with Crippen molar-refractivity contribution in [2.45, 2.75) is 41.5 Å². The van der Waals surface area contributed by atoms with Crippen molar-refractivity contribution < 1.29 is 0 Å². The zero-order chi connectivity index (χ0) is 11.1. The summed E-state index contributed by atoms with van der Waals surface area (Å²) in [5.41, 5.74) is 4.55. The quantitative estimate of drug-likeness (QED) is 0.606. The highest BCUT2D eigenvalue weighted by Gasteiger charge is 2.87. The van der Waals surface area contributed by atoms with Crippen molar-refractivity contribution in [3.8, 4) is 0 Å². The third-order valence-corrected chi connectivity index (χ3v) is 6.17. The van der Waals surface area contributed by atoms with Crippen molar-refractivity contribution >= 4 is 0 Å². The normalized spacial score (nSPS) is 49.4. The van der Waals surface area contributed by atoms with Gasteiger partial charge < -0.3 is 0 Å². The predicted molar refractivity (Wildman–Crippen MR) is 64.4 cm³/mol. The van der Waals surface area contributed by atoms with Crippen LogP contribution in [0.5, 0.6) is 0 Å². The van der Waals surface area contributed by atoms with E-state index in [4.69, 9.17) is 0 Å². The molecule has 0 radical (unpaired) electrons. The molecule has 15 heavy (non-hydrogen) atoms. The summed E-state index contributed by atoms with van der Waals surface area (Å²) in [5, 5.41) is 0. The lowest BCUT2D eigenvalue weighted by atomic mass is 9.81. The van der Waals surface area contributed by atoms with E-state index < -0.39 is 0 Å². The van der Waals surface area contributed by atoms with Gasteiger partial charge in [-0.3, -0.25) is 0 Å². The average Bonchev–Trinajstić information content (AvgIpc) is 3.05. The topological polar surface area (TPSA) is 0 Å². The number of allylic oxidation sites excluding steroid dienone is 2. The highest BCUT2D eigenvalue weighted by molar-refractivity contribution is 5.71. The average molecular weight is 204 g/mol. The smallest absolute Gasteiger partial charge is 0.0121 e. The molecule has 3 aliphatic carbocycles. The van der Waals surface area contributed by atoms with Gasteiger partial charge in [-0.05, 0) is 29.6 Å². The standard InChI is InChI=1S/C15H24/c1-7(2)8(3)9(4)12-13-14(12)15(13)10(5)11(15)6/h7-11,13H,1-6H3.